The van der Waals surface area contributed by atoms with Crippen molar-refractivity contribution < 1.29 is 30.1 Å². The van der Waals surface area contributed by atoms with Crippen LogP contribution < -0.4 is 10.6 Å². The fraction of sp³-hybridized carbons (Fsp3) is 0.615. The van der Waals surface area contributed by atoms with Crippen molar-refractivity contribution in [2.24, 2.45) is 5.92 Å². The second-order valence-corrected chi connectivity index (χ2v) is 9.23. The Morgan fingerprint density at radius 3 is 2.12 bits per heavy atom. The van der Waals surface area contributed by atoms with Crippen molar-refractivity contribution in [3.05, 3.63) is 35.4 Å². The van der Waals surface area contributed by atoms with Gasteiger partial charge >= 0.3 is 11.9 Å². The summed E-state index contributed by atoms with van der Waals surface area (Å²) in [5, 5.41) is 3.31. The summed E-state index contributed by atoms with van der Waals surface area (Å²) in [7, 11) is 0. The van der Waals surface area contributed by atoms with E-state index in [0.29, 0.717) is 5.31 Å². The molecule has 0 fully saturated rings. The lowest BCUT2D eigenvalue weighted by Crippen LogP contribution is -2.55. The molecule has 0 spiro atoms. The highest BCUT2D eigenvalue weighted by Gasteiger charge is 2.34. The molecule has 0 saturated carbocycles. The molecule has 0 heterocycles. The Kier molecular flexibility index (Phi) is 11.0. The van der Waals surface area contributed by atoms with Gasteiger partial charge in [0, 0.05) is 6.42 Å². The number of carbonyl (C=O) groups is 4. The number of benzene rings is 1. The van der Waals surface area contributed by atoms with E-state index in [0.717, 1.165) is 11.1 Å². The monoisotopic (exact) mass is 477 g/mol. The zero-order chi connectivity index (χ0) is 26.8. The molecule has 0 aromatic heterocycles. The number of esters is 2. The van der Waals surface area contributed by atoms with Gasteiger partial charge in [-0.3, -0.25) is 14.4 Å². The van der Waals surface area contributed by atoms with Gasteiger partial charge in [-0.25, -0.2) is 4.79 Å². The first kappa shape index (κ1) is 27.3. The third-order valence-corrected chi connectivity index (χ3v) is 5.41. The van der Waals surface area contributed by atoms with Crippen molar-refractivity contribution in [3.8, 4) is 0 Å². The normalized spacial score (nSPS) is 13.5. The lowest BCUT2D eigenvalue weighted by molar-refractivity contribution is -0.149. The third-order valence-electron chi connectivity index (χ3n) is 5.41. The van der Waals surface area contributed by atoms with Crippen LogP contribution in [-0.2, 0) is 34.1 Å². The number of rotatable bonds is 13. The smallest absolute Gasteiger partial charge is 0.328 e. The molecule has 2 amide bonds. The lowest BCUT2D eigenvalue weighted by Gasteiger charge is -2.29. The molecule has 1 aromatic rings. The summed E-state index contributed by atoms with van der Waals surface area (Å²) in [5.41, 5.74) is 0.729. The molecule has 1 rings (SSSR count). The van der Waals surface area contributed by atoms with E-state index in [-0.39, 0.29) is 38.4 Å². The van der Waals surface area contributed by atoms with Crippen molar-refractivity contribution in [1.29, 1.82) is 0 Å². The number of ether oxygens (including phenoxy) is 2. The van der Waals surface area contributed by atoms with Crippen LogP contribution >= 0.6 is 0 Å². The predicted molar refractivity (Wildman–Crippen MR) is 130 cm³/mol. The molecule has 1 aromatic carbocycles. The van der Waals surface area contributed by atoms with Gasteiger partial charge in [-0.1, -0.05) is 43.7 Å². The highest BCUT2D eigenvalue weighted by Crippen LogP contribution is 2.24. The van der Waals surface area contributed by atoms with Crippen LogP contribution in [0, 0.1) is 12.8 Å². The molecule has 190 valence electrons. The van der Waals surface area contributed by atoms with Crippen LogP contribution in [0.15, 0.2) is 24.3 Å². The maximum absolute atomic E-state index is 13.4. The van der Waals surface area contributed by atoms with Gasteiger partial charge in [-0.15, -0.1) is 0 Å². The number of aryl methyl sites for hydroxylation is 1. The minimum Gasteiger partial charge on any atom is -0.466 e. The van der Waals surface area contributed by atoms with Crippen molar-refractivity contribution in [3.63, 3.8) is 0 Å². The third kappa shape index (κ3) is 9.15. The molecular weight excluding hydrogens is 436 g/mol. The summed E-state index contributed by atoms with van der Waals surface area (Å²) in [5.74, 6) is -2.37. The first-order valence-corrected chi connectivity index (χ1v) is 11.9. The number of nitrogens with one attached hydrogen (secondary N) is 2. The Labute approximate surface area is 204 Å². The average molecular weight is 478 g/mol. The minimum atomic E-state index is -1.13. The van der Waals surface area contributed by atoms with Crippen LogP contribution in [0.2, 0.25) is 1.41 Å². The van der Waals surface area contributed by atoms with E-state index in [1.165, 1.54) is 0 Å². The second-order valence-electron chi connectivity index (χ2n) is 9.23. The van der Waals surface area contributed by atoms with Crippen LogP contribution in [0.5, 0.6) is 0 Å². The topological polar surface area (TPSA) is 111 Å². The van der Waals surface area contributed by atoms with Crippen LogP contribution in [0.4, 0.5) is 0 Å². The Hall–Kier alpha value is -2.90. The van der Waals surface area contributed by atoms with Gasteiger partial charge in [0.1, 0.15) is 12.1 Å². The van der Waals surface area contributed by atoms with Crippen molar-refractivity contribution >= 4 is 23.8 Å². The van der Waals surface area contributed by atoms with Gasteiger partial charge in [0.25, 0.3) is 0 Å². The van der Waals surface area contributed by atoms with E-state index < -0.39 is 41.3 Å². The predicted octanol–water partition coefficient (Wildman–Crippen LogP) is 3.19. The van der Waals surface area contributed by atoms with Gasteiger partial charge in [-0.05, 0) is 58.9 Å². The first-order valence-electron chi connectivity index (χ1n) is 12.3. The van der Waals surface area contributed by atoms with Crippen LogP contribution in [0.25, 0.3) is 0 Å². The lowest BCUT2D eigenvalue weighted by atomic mass is 9.83. The molecule has 0 aliphatic heterocycles. The maximum atomic E-state index is 13.4. The number of amides is 2. The van der Waals surface area contributed by atoms with E-state index in [9.17, 15) is 19.2 Å². The number of hydrogen-bond acceptors (Lipinski definition) is 6. The van der Waals surface area contributed by atoms with E-state index in [2.05, 4.69) is 5.32 Å². The van der Waals surface area contributed by atoms with E-state index in [4.69, 9.17) is 10.9 Å². The summed E-state index contributed by atoms with van der Waals surface area (Å²) in [6.45, 7) is 12.8. The SMILES string of the molecule is [2H]N(C(=O)C(C)(C)c1ccc(C)cc1)[C@@H](CC(C)C)C(=O)N[C@@H](CCC(=O)OCC)C(=O)OCC. The van der Waals surface area contributed by atoms with Gasteiger partial charge in [0.2, 0.25) is 11.8 Å². The maximum Gasteiger partial charge on any atom is 0.328 e. The van der Waals surface area contributed by atoms with E-state index >= 15 is 0 Å². The van der Waals surface area contributed by atoms with Crippen LogP contribution in [0.3, 0.4) is 0 Å². The van der Waals surface area contributed by atoms with Gasteiger partial charge < -0.3 is 20.1 Å². The molecule has 0 unspecified atom stereocenters. The molecule has 2 N–H and O–H groups in total. The summed E-state index contributed by atoms with van der Waals surface area (Å²) in [6, 6.07) is 5.23. The molecular formula is C26H40N2O6. The van der Waals surface area contributed by atoms with Gasteiger partial charge in [-0.2, -0.15) is 0 Å². The zero-order valence-electron chi connectivity index (χ0n) is 22.5. The van der Waals surface area contributed by atoms with E-state index in [1.807, 2.05) is 45.0 Å². The molecule has 8 nitrogen and oxygen atoms in total. The summed E-state index contributed by atoms with van der Waals surface area (Å²) in [4.78, 5) is 50.9. The number of hydrogen-bond donors (Lipinski definition) is 2. The molecule has 0 aliphatic carbocycles. The molecule has 34 heavy (non-hydrogen) atoms. The molecule has 2 atom stereocenters. The van der Waals surface area contributed by atoms with Crippen molar-refractivity contribution in [2.75, 3.05) is 13.2 Å². The largest absolute Gasteiger partial charge is 0.466 e. The molecule has 0 bridgehead atoms. The Balaban J connectivity index is 3.13. The van der Waals surface area contributed by atoms with Gasteiger partial charge in [0.15, 0.2) is 1.41 Å². The summed E-state index contributed by atoms with van der Waals surface area (Å²) < 4.78 is 18.6. The highest BCUT2D eigenvalue weighted by atomic mass is 16.5. The Bertz CT molecular complexity index is 869. The standard InChI is InChI=1S/C26H40N2O6/c1-8-33-22(29)15-14-20(24(31)34-9-2)27-23(30)21(16-17(3)4)28-25(32)26(6,7)19-12-10-18(5)11-13-19/h10-13,17,20-21H,8-9,14-16H2,1-7H3,(H,27,30)(H,28,32)/t20-,21-/m0/s1/i/hD. The number of carbonyl (C=O) groups excluding carboxylic acids is 4. The quantitative estimate of drug-likeness (QED) is 0.422. The first-order chi connectivity index (χ1) is 16.3. The molecule has 0 aliphatic rings. The Morgan fingerprint density at radius 2 is 1.59 bits per heavy atom. The molecule has 0 saturated heterocycles. The summed E-state index contributed by atoms with van der Waals surface area (Å²) in [6.07, 6.45) is 0.119. The van der Waals surface area contributed by atoms with Crippen molar-refractivity contribution in [1.82, 2.24) is 10.6 Å². The Morgan fingerprint density at radius 1 is 1.00 bits per heavy atom. The van der Waals surface area contributed by atoms with E-state index in [1.54, 1.807) is 27.7 Å². The molecule has 0 radical (unpaired) electrons. The minimum absolute atomic E-state index is 0.00513. The fourth-order valence-corrected chi connectivity index (χ4v) is 3.32. The van der Waals surface area contributed by atoms with Crippen molar-refractivity contribution in [2.45, 2.75) is 85.2 Å². The fourth-order valence-electron chi connectivity index (χ4n) is 3.32. The van der Waals surface area contributed by atoms with Crippen LogP contribution in [0.1, 0.15) is 71.9 Å². The van der Waals surface area contributed by atoms with Crippen LogP contribution in [-0.4, -0.2) is 49.1 Å². The zero-order valence-corrected chi connectivity index (χ0v) is 21.5. The highest BCUT2D eigenvalue weighted by molar-refractivity contribution is 5.94. The molecule has 8 heteroatoms. The summed E-state index contributed by atoms with van der Waals surface area (Å²) >= 11 is 0. The average Bonchev–Trinajstić information content (AvgIpc) is 2.79. The second kappa shape index (κ2) is 13.7. The van der Waals surface area contributed by atoms with Gasteiger partial charge in [0.05, 0.1) is 18.6 Å².